The standard InChI is InChI=1S/C7H10N6O3/c8-6(14)9-1-2-10-7-11-3-5(4-12-7)13(15)16/h3-4H,1-2H2,(H3,8,9,14)(H,10,11,12). The summed E-state index contributed by atoms with van der Waals surface area (Å²) in [5.74, 6) is 0.247. The van der Waals surface area contributed by atoms with E-state index in [9.17, 15) is 14.9 Å². The molecular weight excluding hydrogens is 216 g/mol. The van der Waals surface area contributed by atoms with E-state index >= 15 is 0 Å². The van der Waals surface area contributed by atoms with E-state index in [2.05, 4.69) is 20.6 Å². The Labute approximate surface area is 90.2 Å². The van der Waals surface area contributed by atoms with Crippen LogP contribution in [0, 0.1) is 10.1 Å². The van der Waals surface area contributed by atoms with Crippen LogP contribution in [-0.4, -0.2) is 34.0 Å². The fourth-order valence-corrected chi connectivity index (χ4v) is 0.867. The lowest BCUT2D eigenvalue weighted by Gasteiger charge is -2.03. The Hall–Kier alpha value is -2.45. The molecule has 1 aromatic rings. The van der Waals surface area contributed by atoms with Crippen molar-refractivity contribution in [2.75, 3.05) is 18.4 Å². The van der Waals surface area contributed by atoms with E-state index in [1.807, 2.05) is 0 Å². The SMILES string of the molecule is NC(=O)NCCNc1ncc([N+](=O)[O-])cn1. The van der Waals surface area contributed by atoms with Crippen molar-refractivity contribution in [2.45, 2.75) is 0 Å². The summed E-state index contributed by atoms with van der Waals surface area (Å²) in [6.07, 6.45) is 2.19. The molecule has 1 aromatic heterocycles. The molecule has 0 saturated carbocycles. The van der Waals surface area contributed by atoms with Gasteiger partial charge in [-0.3, -0.25) is 10.1 Å². The molecule has 0 atom stereocenters. The van der Waals surface area contributed by atoms with Crippen molar-refractivity contribution in [1.29, 1.82) is 0 Å². The molecule has 1 rings (SSSR count). The number of urea groups is 1. The first-order valence-corrected chi connectivity index (χ1v) is 4.33. The number of rotatable bonds is 5. The third kappa shape index (κ3) is 3.74. The van der Waals surface area contributed by atoms with Gasteiger partial charge >= 0.3 is 11.7 Å². The number of carbonyl (C=O) groups is 1. The van der Waals surface area contributed by atoms with Gasteiger partial charge in [0.2, 0.25) is 5.95 Å². The van der Waals surface area contributed by atoms with Crippen molar-refractivity contribution in [2.24, 2.45) is 5.73 Å². The Kier molecular flexibility index (Phi) is 3.95. The summed E-state index contributed by atoms with van der Waals surface area (Å²) < 4.78 is 0. The van der Waals surface area contributed by atoms with Crippen molar-refractivity contribution in [3.05, 3.63) is 22.5 Å². The zero-order chi connectivity index (χ0) is 12.0. The number of amides is 2. The van der Waals surface area contributed by atoms with Crippen LogP contribution in [-0.2, 0) is 0 Å². The number of hydrogen-bond acceptors (Lipinski definition) is 6. The monoisotopic (exact) mass is 226 g/mol. The van der Waals surface area contributed by atoms with E-state index in [4.69, 9.17) is 5.73 Å². The van der Waals surface area contributed by atoms with Crippen LogP contribution < -0.4 is 16.4 Å². The minimum absolute atomic E-state index is 0.180. The first-order valence-electron chi connectivity index (χ1n) is 4.33. The van der Waals surface area contributed by atoms with Gasteiger partial charge in [-0.15, -0.1) is 0 Å². The Balaban J connectivity index is 2.38. The molecule has 0 aromatic carbocycles. The largest absolute Gasteiger partial charge is 0.352 e. The second kappa shape index (κ2) is 5.44. The predicted molar refractivity (Wildman–Crippen MR) is 54.8 cm³/mol. The number of hydrogen-bond donors (Lipinski definition) is 3. The molecular formula is C7H10N6O3. The van der Waals surface area contributed by atoms with Crippen LogP contribution in [0.3, 0.4) is 0 Å². The Morgan fingerprint density at radius 2 is 2.06 bits per heavy atom. The molecule has 0 radical (unpaired) electrons. The lowest BCUT2D eigenvalue weighted by atomic mass is 10.5. The second-order valence-corrected chi connectivity index (χ2v) is 2.74. The maximum Gasteiger partial charge on any atom is 0.312 e. The average molecular weight is 226 g/mol. The van der Waals surface area contributed by atoms with Crippen LogP contribution in [0.5, 0.6) is 0 Å². The molecule has 0 aliphatic heterocycles. The van der Waals surface area contributed by atoms with Gasteiger partial charge in [0.05, 0.1) is 4.92 Å². The number of nitrogens with zero attached hydrogens (tertiary/aromatic N) is 3. The number of nitro groups is 1. The van der Waals surface area contributed by atoms with Crippen molar-refractivity contribution in [1.82, 2.24) is 15.3 Å². The highest BCUT2D eigenvalue weighted by atomic mass is 16.6. The number of nitrogens with one attached hydrogen (secondary N) is 2. The number of nitrogens with two attached hydrogens (primary N) is 1. The highest BCUT2D eigenvalue weighted by molar-refractivity contribution is 5.71. The summed E-state index contributed by atoms with van der Waals surface area (Å²) in [5, 5.41) is 15.4. The van der Waals surface area contributed by atoms with Crippen LogP contribution in [0.1, 0.15) is 0 Å². The highest BCUT2D eigenvalue weighted by Gasteiger charge is 2.05. The zero-order valence-corrected chi connectivity index (χ0v) is 8.21. The normalized spacial score (nSPS) is 9.50. The van der Waals surface area contributed by atoms with Gasteiger partial charge in [0, 0.05) is 13.1 Å². The van der Waals surface area contributed by atoms with Crippen LogP contribution >= 0.6 is 0 Å². The van der Waals surface area contributed by atoms with Crippen molar-refractivity contribution < 1.29 is 9.72 Å². The van der Waals surface area contributed by atoms with Gasteiger partial charge in [-0.05, 0) is 0 Å². The van der Waals surface area contributed by atoms with Gasteiger partial charge in [0.15, 0.2) is 0 Å². The maximum atomic E-state index is 10.3. The fourth-order valence-electron chi connectivity index (χ4n) is 0.867. The summed E-state index contributed by atoms with van der Waals surface area (Å²) in [7, 11) is 0. The summed E-state index contributed by atoms with van der Waals surface area (Å²) in [6.45, 7) is 0.691. The summed E-state index contributed by atoms with van der Waals surface area (Å²) >= 11 is 0. The van der Waals surface area contributed by atoms with Gasteiger partial charge in [-0.25, -0.2) is 14.8 Å². The number of carbonyl (C=O) groups excluding carboxylic acids is 1. The maximum absolute atomic E-state index is 10.3. The molecule has 0 unspecified atom stereocenters. The summed E-state index contributed by atoms with van der Waals surface area (Å²) in [6, 6.07) is -0.619. The zero-order valence-electron chi connectivity index (χ0n) is 8.21. The molecule has 0 fully saturated rings. The smallest absolute Gasteiger partial charge is 0.312 e. The third-order valence-electron chi connectivity index (χ3n) is 1.56. The molecule has 16 heavy (non-hydrogen) atoms. The minimum Gasteiger partial charge on any atom is -0.352 e. The van der Waals surface area contributed by atoms with Crippen LogP contribution in [0.15, 0.2) is 12.4 Å². The Morgan fingerprint density at radius 1 is 1.44 bits per heavy atom. The first kappa shape index (κ1) is 11.6. The molecule has 9 heteroatoms. The molecule has 0 aliphatic carbocycles. The first-order chi connectivity index (χ1) is 7.59. The molecule has 4 N–H and O–H groups in total. The highest BCUT2D eigenvalue weighted by Crippen LogP contribution is 2.07. The molecule has 0 saturated heterocycles. The van der Waals surface area contributed by atoms with Gasteiger partial charge in [0.1, 0.15) is 12.4 Å². The average Bonchev–Trinajstić information content (AvgIpc) is 2.25. The topological polar surface area (TPSA) is 136 Å². The van der Waals surface area contributed by atoms with E-state index in [0.717, 1.165) is 12.4 Å². The van der Waals surface area contributed by atoms with E-state index in [1.54, 1.807) is 0 Å². The quantitative estimate of drug-likeness (QED) is 0.350. The van der Waals surface area contributed by atoms with Gasteiger partial charge in [0.25, 0.3) is 0 Å². The minimum atomic E-state index is -0.619. The van der Waals surface area contributed by atoms with Crippen molar-refractivity contribution in [3.8, 4) is 0 Å². The Morgan fingerprint density at radius 3 is 2.56 bits per heavy atom. The third-order valence-corrected chi connectivity index (χ3v) is 1.56. The summed E-state index contributed by atoms with van der Waals surface area (Å²) in [5.41, 5.74) is 4.66. The molecule has 86 valence electrons. The summed E-state index contributed by atoms with van der Waals surface area (Å²) in [4.78, 5) is 27.4. The van der Waals surface area contributed by atoms with Crippen molar-refractivity contribution in [3.63, 3.8) is 0 Å². The fraction of sp³-hybridized carbons (Fsp3) is 0.286. The Bertz CT molecular complexity index is 378. The lowest BCUT2D eigenvalue weighted by Crippen LogP contribution is -2.33. The number of anilines is 1. The molecule has 0 aliphatic rings. The van der Waals surface area contributed by atoms with E-state index in [-0.39, 0.29) is 11.6 Å². The number of aromatic nitrogens is 2. The van der Waals surface area contributed by atoms with Crippen molar-refractivity contribution >= 4 is 17.7 Å². The van der Waals surface area contributed by atoms with Crippen LogP contribution in [0.25, 0.3) is 0 Å². The van der Waals surface area contributed by atoms with Crippen LogP contribution in [0.4, 0.5) is 16.4 Å². The predicted octanol–water partition coefficient (Wildman–Crippen LogP) is -0.535. The van der Waals surface area contributed by atoms with E-state index < -0.39 is 11.0 Å². The molecule has 2 amide bonds. The molecule has 1 heterocycles. The molecule has 0 bridgehead atoms. The lowest BCUT2D eigenvalue weighted by molar-refractivity contribution is -0.385. The van der Waals surface area contributed by atoms with Crippen LogP contribution in [0.2, 0.25) is 0 Å². The van der Waals surface area contributed by atoms with Gasteiger partial charge in [-0.1, -0.05) is 0 Å². The van der Waals surface area contributed by atoms with Gasteiger partial charge < -0.3 is 16.4 Å². The second-order valence-electron chi connectivity index (χ2n) is 2.74. The van der Waals surface area contributed by atoms with E-state index in [0.29, 0.717) is 13.1 Å². The molecule has 0 spiro atoms. The van der Waals surface area contributed by atoms with Gasteiger partial charge in [-0.2, -0.15) is 0 Å². The number of primary amides is 1. The van der Waals surface area contributed by atoms with E-state index in [1.165, 1.54) is 0 Å². The molecule has 9 nitrogen and oxygen atoms in total.